The third kappa shape index (κ3) is 2.53. The first-order valence-electron chi connectivity index (χ1n) is 6.65. The fourth-order valence-electron chi connectivity index (χ4n) is 2.61. The Morgan fingerprint density at radius 3 is 2.40 bits per heavy atom. The van der Waals surface area contributed by atoms with Crippen LogP contribution in [0.1, 0.15) is 0 Å². The highest BCUT2D eigenvalue weighted by Crippen LogP contribution is 2.28. The van der Waals surface area contributed by atoms with Crippen molar-refractivity contribution in [2.24, 2.45) is 15.7 Å². The van der Waals surface area contributed by atoms with Crippen molar-refractivity contribution >= 4 is 39.7 Å². The van der Waals surface area contributed by atoms with Crippen molar-refractivity contribution in [3.63, 3.8) is 0 Å². The molecule has 136 valence electrons. The molecule has 3 heterocycles. The van der Waals surface area contributed by atoms with Crippen LogP contribution in [-0.2, 0) is 19.8 Å². The van der Waals surface area contributed by atoms with E-state index in [1.165, 1.54) is 0 Å². The number of carbonyl (C=O) groups excluding carboxylic acids is 2. The summed E-state index contributed by atoms with van der Waals surface area (Å²) in [7, 11) is -5.24. The summed E-state index contributed by atoms with van der Waals surface area (Å²) in [6, 6.07) is -1.51. The number of aliphatic hydroxyl groups excluding tert-OH is 3. The summed E-state index contributed by atoms with van der Waals surface area (Å²) >= 11 is 0. The molecule has 0 aromatic carbocycles. The van der Waals surface area contributed by atoms with Crippen LogP contribution >= 0.6 is 0 Å². The maximum absolute atomic E-state index is 12.4. The van der Waals surface area contributed by atoms with Gasteiger partial charge in [-0.3, -0.25) is 9.35 Å². The molecule has 3 rings (SSSR count). The van der Waals surface area contributed by atoms with Crippen molar-refractivity contribution in [2.45, 2.75) is 24.5 Å². The van der Waals surface area contributed by atoms with Gasteiger partial charge < -0.3 is 25.8 Å². The Morgan fingerprint density at radius 1 is 1.24 bits per heavy atom. The zero-order valence-electron chi connectivity index (χ0n) is 12.1. The van der Waals surface area contributed by atoms with Crippen molar-refractivity contribution in [1.29, 1.82) is 0 Å². The smallest absolute Gasteiger partial charge is 0.394 e. The molecule has 6 N–H and O–H groups in total. The molecule has 1 saturated heterocycles. The van der Waals surface area contributed by atoms with E-state index in [0.29, 0.717) is 4.90 Å². The van der Waals surface area contributed by atoms with Crippen molar-refractivity contribution in [3.8, 4) is 0 Å². The molecule has 3 amide bonds. The predicted molar refractivity (Wildman–Crippen MR) is 75.9 cm³/mol. The third-order valence-corrected chi connectivity index (χ3v) is 4.46. The van der Waals surface area contributed by atoms with Gasteiger partial charge >= 0.3 is 22.2 Å². The number of fused-ring (bicyclic) bond motifs is 1. The minimum absolute atomic E-state index is 0.279. The number of hydrogen-bond acceptors (Lipinski definition) is 10. The lowest BCUT2D eigenvalue weighted by Gasteiger charge is -2.19. The molecule has 14 nitrogen and oxygen atoms in total. The molecule has 3 aliphatic rings. The Morgan fingerprint density at radius 2 is 1.88 bits per heavy atom. The molecule has 3 aliphatic heterocycles. The Bertz CT molecular complexity index is 862. The van der Waals surface area contributed by atoms with E-state index in [4.69, 9.17) is 15.6 Å². The molecule has 1 fully saturated rings. The first-order chi connectivity index (χ1) is 11.6. The summed E-state index contributed by atoms with van der Waals surface area (Å²) in [6.45, 7) is -0.718. The fourth-order valence-corrected chi connectivity index (χ4v) is 3.28. The topological polar surface area (TPSA) is 215 Å². The number of carbonyl (C=O) groups is 2. The van der Waals surface area contributed by atoms with Crippen LogP contribution < -0.4 is 5.73 Å². The summed E-state index contributed by atoms with van der Waals surface area (Å²) in [5, 5.41) is 28.9. The largest absolute Gasteiger partial charge is 0.520 e. The van der Waals surface area contributed by atoms with Crippen LogP contribution in [0.25, 0.3) is 0 Å². The molecule has 25 heavy (non-hydrogen) atoms. The van der Waals surface area contributed by atoms with Crippen molar-refractivity contribution in [3.05, 3.63) is 0 Å². The van der Waals surface area contributed by atoms with Crippen molar-refractivity contribution in [1.82, 2.24) is 4.90 Å². The zero-order chi connectivity index (χ0) is 18.7. The van der Waals surface area contributed by atoms with E-state index in [1.54, 1.807) is 0 Å². The van der Waals surface area contributed by atoms with Crippen LogP contribution in [-0.4, -0.2) is 97.8 Å². The lowest BCUT2D eigenvalue weighted by Crippen LogP contribution is -2.50. The summed E-state index contributed by atoms with van der Waals surface area (Å²) in [4.78, 5) is 31.6. The summed E-state index contributed by atoms with van der Waals surface area (Å²) in [6.07, 6.45) is -6.39. The standard InChI is InChI=1S/C10H11N5O9S/c11-9-12-6-3(7(19)13-9)15(25(21,22)23)10(20)14(6)8-5(18)4(17)2(1-16)24-8/h2,4-5,8,16-18H,1H2,(H2-,11,13,19,21,22,23)/p+1/t2-,4-,5-,8-/m1/s1. The van der Waals surface area contributed by atoms with Gasteiger partial charge in [0.1, 0.15) is 18.3 Å². The number of aliphatic imine (C=N–C) groups is 2. The highest BCUT2D eigenvalue weighted by Gasteiger charge is 2.62. The Labute approximate surface area is 139 Å². The average Bonchev–Trinajstić information content (AvgIpc) is 2.94. The van der Waals surface area contributed by atoms with Crippen LogP contribution in [0.15, 0.2) is 9.98 Å². The number of nitrogens with zero attached hydrogens (tertiary/aromatic N) is 4. The molecule has 0 aromatic rings. The number of guanidine groups is 1. The molecular formula is C10H12N5O9S+. The molecule has 0 spiro atoms. The van der Waals surface area contributed by atoms with Crippen LogP contribution in [0, 0.1) is 0 Å². The molecular weight excluding hydrogens is 366 g/mol. The third-order valence-electron chi connectivity index (χ3n) is 3.66. The number of rotatable bonds is 3. The SMILES string of the molecule is NC1=NC(=O)C2=[N+](S(=O)(=O)O)C(=O)N([C@@H]3O[C@H](CO)[C@@H](O)[C@H]3O)C2=N1. The monoisotopic (exact) mass is 378 g/mol. The maximum atomic E-state index is 12.4. The quantitative estimate of drug-likeness (QED) is 0.234. The van der Waals surface area contributed by atoms with E-state index < -0.39 is 70.9 Å². The Hall–Kier alpha value is -2.30. The van der Waals surface area contributed by atoms with Crippen LogP contribution in [0.2, 0.25) is 0 Å². The van der Waals surface area contributed by atoms with Gasteiger partial charge in [0.2, 0.25) is 12.2 Å². The number of hydrogen-bond donors (Lipinski definition) is 5. The van der Waals surface area contributed by atoms with E-state index >= 15 is 0 Å². The van der Waals surface area contributed by atoms with Crippen LogP contribution in [0.4, 0.5) is 4.79 Å². The van der Waals surface area contributed by atoms with E-state index in [1.807, 2.05) is 0 Å². The summed E-state index contributed by atoms with van der Waals surface area (Å²) < 4.78 is 37.1. The van der Waals surface area contributed by atoms with Crippen molar-refractivity contribution in [2.75, 3.05) is 6.61 Å². The van der Waals surface area contributed by atoms with Crippen molar-refractivity contribution < 1.29 is 46.6 Å². The second-order valence-electron chi connectivity index (χ2n) is 5.18. The summed E-state index contributed by atoms with van der Waals surface area (Å²) in [5.74, 6) is -2.52. The molecule has 0 radical (unpaired) electrons. The summed E-state index contributed by atoms with van der Waals surface area (Å²) in [5.41, 5.74) is 4.41. The van der Waals surface area contributed by atoms with E-state index in [2.05, 4.69) is 9.98 Å². The van der Waals surface area contributed by atoms with Gasteiger partial charge in [0.25, 0.3) is 11.5 Å². The molecule has 0 bridgehead atoms. The van der Waals surface area contributed by atoms with Crippen LogP contribution in [0.5, 0.6) is 0 Å². The number of urea groups is 1. The molecule has 0 aliphatic carbocycles. The van der Waals surface area contributed by atoms with E-state index in [0.717, 1.165) is 0 Å². The van der Waals surface area contributed by atoms with Gasteiger partial charge in [0, 0.05) is 0 Å². The van der Waals surface area contributed by atoms with E-state index in [9.17, 15) is 32.8 Å². The second-order valence-corrected chi connectivity index (χ2v) is 6.44. The van der Waals surface area contributed by atoms with Gasteiger partial charge in [-0.15, -0.1) is 4.90 Å². The van der Waals surface area contributed by atoms with Gasteiger partial charge in [-0.2, -0.15) is 23.2 Å². The first-order valence-corrected chi connectivity index (χ1v) is 8.05. The lowest BCUT2D eigenvalue weighted by molar-refractivity contribution is -0.273. The van der Waals surface area contributed by atoms with Gasteiger partial charge in [-0.25, -0.2) is 0 Å². The highest BCUT2D eigenvalue weighted by molar-refractivity contribution is 7.80. The average molecular weight is 378 g/mol. The molecule has 0 saturated carbocycles. The number of amidine groups is 1. The number of ether oxygens (including phenoxy) is 1. The zero-order valence-corrected chi connectivity index (χ0v) is 12.9. The number of nitrogens with two attached hydrogens (primary N) is 1. The predicted octanol–water partition coefficient (Wildman–Crippen LogP) is -4.63. The molecule has 0 unspecified atom stereocenters. The van der Waals surface area contributed by atoms with Crippen LogP contribution in [0.3, 0.4) is 0 Å². The van der Waals surface area contributed by atoms with Gasteiger partial charge in [0.05, 0.1) is 6.61 Å². The Balaban J connectivity index is 2.14. The lowest BCUT2D eigenvalue weighted by atomic mass is 10.1. The second kappa shape index (κ2) is 5.61. The Kier molecular flexibility index (Phi) is 3.93. The first kappa shape index (κ1) is 17.5. The fraction of sp³-hybridized carbons (Fsp3) is 0.500. The minimum Gasteiger partial charge on any atom is -0.394 e. The molecule has 0 aromatic heterocycles. The van der Waals surface area contributed by atoms with Gasteiger partial charge in [-0.1, -0.05) is 0 Å². The normalized spacial score (nSPS) is 32.9. The number of amides is 3. The highest BCUT2D eigenvalue weighted by atomic mass is 32.2. The minimum atomic E-state index is -5.24. The van der Waals surface area contributed by atoms with E-state index in [-0.39, 0.29) is 3.98 Å². The maximum Gasteiger partial charge on any atom is 0.520 e. The van der Waals surface area contributed by atoms with Gasteiger partial charge in [-0.05, 0) is 3.98 Å². The number of aliphatic hydroxyl groups is 3. The molecule has 15 heteroatoms. The molecule has 4 atom stereocenters. The van der Waals surface area contributed by atoms with Gasteiger partial charge in [0.15, 0.2) is 0 Å².